The first-order chi connectivity index (χ1) is 19.8. The first-order valence-corrected chi connectivity index (χ1v) is 13.3. The summed E-state index contributed by atoms with van der Waals surface area (Å²) in [6.07, 6.45) is 6.03. The maximum absolute atomic E-state index is 12.2. The van der Waals surface area contributed by atoms with Gasteiger partial charge in [-0.2, -0.15) is 4.89 Å². The molecule has 2 aromatic carbocycles. The van der Waals surface area contributed by atoms with Crippen LogP contribution in [0.3, 0.4) is 0 Å². The number of rotatable bonds is 16. The van der Waals surface area contributed by atoms with E-state index >= 15 is 0 Å². The molecule has 0 unspecified atom stereocenters. The Kier molecular flexibility index (Phi) is 14.8. The Bertz CT molecular complexity index is 1170. The van der Waals surface area contributed by atoms with Crippen LogP contribution in [0.5, 0.6) is 11.5 Å². The van der Waals surface area contributed by atoms with Crippen molar-refractivity contribution in [3.05, 3.63) is 59.7 Å². The molecule has 41 heavy (non-hydrogen) atoms. The number of carbonyl (C=O) groups is 5. The van der Waals surface area contributed by atoms with E-state index in [0.29, 0.717) is 19.3 Å². The minimum absolute atomic E-state index is 0.0157. The number of ether oxygens (including phenoxy) is 1. The van der Waals surface area contributed by atoms with Crippen LogP contribution in [0.15, 0.2) is 48.5 Å². The minimum Gasteiger partial charge on any atom is -0.449 e. The van der Waals surface area contributed by atoms with Crippen molar-refractivity contribution in [2.75, 3.05) is 7.11 Å². The number of nitrogens with one attached hydrogen (secondary N) is 4. The highest BCUT2D eigenvalue weighted by molar-refractivity contribution is 5.98. The van der Waals surface area contributed by atoms with E-state index < -0.39 is 18.0 Å². The summed E-state index contributed by atoms with van der Waals surface area (Å²) in [5.74, 6) is -1.72. The van der Waals surface area contributed by atoms with Crippen LogP contribution in [0, 0.1) is 0 Å². The van der Waals surface area contributed by atoms with Crippen LogP contribution in [0.2, 0.25) is 0 Å². The van der Waals surface area contributed by atoms with Gasteiger partial charge in [0, 0.05) is 12.8 Å². The van der Waals surface area contributed by atoms with Crippen molar-refractivity contribution < 1.29 is 43.6 Å². The molecule has 0 aromatic heterocycles. The number of amides is 4. The Balaban J connectivity index is 1.47. The number of benzene rings is 2. The summed E-state index contributed by atoms with van der Waals surface area (Å²) in [5, 5.41) is 8.75. The van der Waals surface area contributed by atoms with Crippen LogP contribution >= 0.6 is 0 Å². The normalized spacial score (nSPS) is 10.3. The smallest absolute Gasteiger partial charge is 0.449 e. The molecule has 222 valence electrons. The average Bonchev–Trinajstić information content (AvgIpc) is 2.96. The Hall–Kier alpha value is -4.65. The number of hydrogen-bond donors (Lipinski definition) is 5. The molecule has 0 atom stereocenters. The van der Waals surface area contributed by atoms with Crippen LogP contribution in [0.1, 0.15) is 84.9 Å². The minimum atomic E-state index is -1.54. The second-order valence-electron chi connectivity index (χ2n) is 8.94. The molecule has 0 bridgehead atoms. The number of para-hydroxylation sites is 2. The van der Waals surface area contributed by atoms with Gasteiger partial charge < -0.3 is 14.7 Å². The van der Waals surface area contributed by atoms with Gasteiger partial charge in [0.1, 0.15) is 5.75 Å². The first-order valence-electron chi connectivity index (χ1n) is 13.3. The van der Waals surface area contributed by atoms with Crippen molar-refractivity contribution in [3.63, 3.8) is 0 Å². The summed E-state index contributed by atoms with van der Waals surface area (Å²) in [5.41, 5.74) is 9.56. The van der Waals surface area contributed by atoms with Gasteiger partial charge >= 0.3 is 6.16 Å². The van der Waals surface area contributed by atoms with E-state index in [0.717, 1.165) is 38.5 Å². The highest BCUT2D eigenvalue weighted by Crippen LogP contribution is 2.18. The maximum Gasteiger partial charge on any atom is 0.511 e. The van der Waals surface area contributed by atoms with Gasteiger partial charge in [0.15, 0.2) is 5.75 Å². The van der Waals surface area contributed by atoms with Crippen LogP contribution in [-0.2, 0) is 14.5 Å². The zero-order valence-electron chi connectivity index (χ0n) is 22.9. The van der Waals surface area contributed by atoms with Crippen LogP contribution in [-0.4, -0.2) is 42.0 Å². The zero-order chi connectivity index (χ0) is 29.9. The standard InChI is InChI=1S/C28H36N4O9/c1-39-41-23-17-13-11-15-21(23)27(36)32-30-25(34)19-9-7-5-3-2-4-6-8-18-24(33)29-31-26(35)20-14-10-12-16-22(20)40-28(37)38/h10-17H,2-9,18-19H2,1H3,(H,29,33)(H,30,34)(H,31,35)(H,32,36)(H,37,38). The van der Waals surface area contributed by atoms with Crippen molar-refractivity contribution in [1.82, 2.24) is 21.7 Å². The van der Waals surface area contributed by atoms with Gasteiger partial charge in [-0.05, 0) is 37.1 Å². The molecule has 0 aliphatic rings. The van der Waals surface area contributed by atoms with Crippen molar-refractivity contribution in [1.29, 1.82) is 0 Å². The third-order valence-electron chi connectivity index (χ3n) is 5.82. The summed E-state index contributed by atoms with van der Waals surface area (Å²) in [6.45, 7) is 0. The second-order valence-corrected chi connectivity index (χ2v) is 8.94. The first kappa shape index (κ1) is 32.6. The summed E-state index contributed by atoms with van der Waals surface area (Å²) >= 11 is 0. The van der Waals surface area contributed by atoms with Crippen LogP contribution < -0.4 is 31.3 Å². The van der Waals surface area contributed by atoms with Gasteiger partial charge in [-0.3, -0.25) is 40.9 Å². The van der Waals surface area contributed by atoms with Crippen molar-refractivity contribution in [2.24, 2.45) is 0 Å². The molecule has 0 radical (unpaired) electrons. The Labute approximate surface area is 237 Å². The lowest BCUT2D eigenvalue weighted by molar-refractivity contribution is -0.178. The van der Waals surface area contributed by atoms with Gasteiger partial charge in [-0.15, -0.1) is 0 Å². The lowest BCUT2D eigenvalue weighted by atomic mass is 10.1. The third-order valence-corrected chi connectivity index (χ3v) is 5.82. The fraction of sp³-hybridized carbons (Fsp3) is 0.393. The Morgan fingerprint density at radius 2 is 1.02 bits per heavy atom. The molecule has 0 spiro atoms. The zero-order valence-corrected chi connectivity index (χ0v) is 22.9. The molecule has 0 heterocycles. The van der Waals surface area contributed by atoms with Crippen LogP contribution in [0.25, 0.3) is 0 Å². The monoisotopic (exact) mass is 572 g/mol. The van der Waals surface area contributed by atoms with Gasteiger partial charge in [0.25, 0.3) is 11.8 Å². The average molecular weight is 573 g/mol. The van der Waals surface area contributed by atoms with Crippen molar-refractivity contribution >= 4 is 29.8 Å². The van der Waals surface area contributed by atoms with E-state index in [1.165, 1.54) is 25.3 Å². The Morgan fingerprint density at radius 1 is 0.610 bits per heavy atom. The predicted octanol–water partition coefficient (Wildman–Crippen LogP) is 3.81. The van der Waals surface area contributed by atoms with Crippen molar-refractivity contribution in [3.8, 4) is 11.5 Å². The van der Waals surface area contributed by atoms with Gasteiger partial charge in [-0.1, -0.05) is 62.8 Å². The molecule has 2 rings (SSSR count). The van der Waals surface area contributed by atoms with E-state index in [-0.39, 0.29) is 40.9 Å². The molecule has 0 saturated heterocycles. The van der Waals surface area contributed by atoms with E-state index in [1.807, 2.05) is 0 Å². The fourth-order valence-corrected chi connectivity index (χ4v) is 3.80. The Morgan fingerprint density at radius 3 is 1.49 bits per heavy atom. The topological polar surface area (TPSA) is 181 Å². The molecule has 13 heteroatoms. The predicted molar refractivity (Wildman–Crippen MR) is 147 cm³/mol. The molecule has 0 aliphatic heterocycles. The van der Waals surface area contributed by atoms with E-state index in [9.17, 15) is 24.0 Å². The van der Waals surface area contributed by atoms with Gasteiger partial charge in [0.05, 0.1) is 18.2 Å². The van der Waals surface area contributed by atoms with E-state index in [4.69, 9.17) is 9.99 Å². The second kappa shape index (κ2) is 18.6. The molecule has 0 aliphatic carbocycles. The molecule has 4 amide bonds. The molecule has 0 fully saturated rings. The molecule has 13 nitrogen and oxygen atoms in total. The van der Waals surface area contributed by atoms with Crippen molar-refractivity contribution in [2.45, 2.75) is 64.2 Å². The maximum atomic E-state index is 12.2. The van der Waals surface area contributed by atoms with E-state index in [1.54, 1.807) is 30.3 Å². The largest absolute Gasteiger partial charge is 0.511 e. The van der Waals surface area contributed by atoms with Gasteiger partial charge in [-0.25, -0.2) is 4.79 Å². The quantitative estimate of drug-likeness (QED) is 0.0657. The highest BCUT2D eigenvalue weighted by Gasteiger charge is 2.15. The van der Waals surface area contributed by atoms with E-state index in [2.05, 4.69) is 31.3 Å². The van der Waals surface area contributed by atoms with Gasteiger partial charge in [0.2, 0.25) is 11.8 Å². The number of unbranched alkanes of at least 4 members (excludes halogenated alkanes) is 7. The fourth-order valence-electron chi connectivity index (χ4n) is 3.80. The van der Waals surface area contributed by atoms with Crippen LogP contribution in [0.4, 0.5) is 4.79 Å². The highest BCUT2D eigenvalue weighted by atomic mass is 17.2. The number of hydrazine groups is 2. The summed E-state index contributed by atoms with van der Waals surface area (Å²) < 4.78 is 4.56. The SMILES string of the molecule is COOc1ccccc1C(=O)NNC(=O)CCCCCCCCCCC(=O)NNC(=O)c1ccccc1OC(=O)O. The molecule has 0 saturated carbocycles. The summed E-state index contributed by atoms with van der Waals surface area (Å²) in [6, 6.07) is 12.3. The molecular formula is C28H36N4O9. The molecule has 2 aromatic rings. The summed E-state index contributed by atoms with van der Waals surface area (Å²) in [7, 11) is 1.33. The lowest BCUT2D eigenvalue weighted by Crippen LogP contribution is -2.41. The number of hydrogen-bond acceptors (Lipinski definition) is 8. The number of carboxylic acid groups (broad SMARTS) is 1. The summed E-state index contributed by atoms with van der Waals surface area (Å²) in [4.78, 5) is 68.7. The number of carbonyl (C=O) groups excluding carboxylic acids is 4. The molecule has 5 N–H and O–H groups in total. The third kappa shape index (κ3) is 12.8. The molecular weight excluding hydrogens is 536 g/mol. The lowest BCUT2D eigenvalue weighted by Gasteiger charge is -2.10.